The molecule has 1 aromatic rings. The Morgan fingerprint density at radius 3 is 2.61 bits per heavy atom. The van der Waals surface area contributed by atoms with E-state index in [1.165, 1.54) is 12.8 Å². The summed E-state index contributed by atoms with van der Waals surface area (Å²) in [5.41, 5.74) is 1.97. The van der Waals surface area contributed by atoms with E-state index in [1.54, 1.807) is 0 Å². The molecule has 0 atom stereocenters. The first kappa shape index (κ1) is 13.8. The van der Waals surface area contributed by atoms with Crippen molar-refractivity contribution in [1.82, 2.24) is 15.1 Å². The maximum absolute atomic E-state index is 9.54. The molecule has 0 spiro atoms. The Labute approximate surface area is 113 Å². The van der Waals surface area contributed by atoms with Gasteiger partial charge in [-0.2, -0.15) is 5.10 Å². The van der Waals surface area contributed by atoms with Crippen LogP contribution in [0.25, 0.3) is 0 Å². The van der Waals surface area contributed by atoms with Crippen LogP contribution in [0.5, 0.6) is 0 Å². The van der Waals surface area contributed by atoms with Crippen LogP contribution in [0.4, 0.5) is 0 Å². The summed E-state index contributed by atoms with van der Waals surface area (Å²) in [6, 6.07) is 0. The van der Waals surface area contributed by atoms with Gasteiger partial charge in [-0.15, -0.1) is 0 Å². The van der Waals surface area contributed by atoms with E-state index in [0.717, 1.165) is 35.8 Å². The lowest BCUT2D eigenvalue weighted by atomic mass is 9.87. The maximum Gasteiger partial charge on any atom is 0.0860 e. The van der Waals surface area contributed by atoms with Crippen molar-refractivity contribution in [2.24, 2.45) is 12.5 Å². The molecule has 5 heteroatoms. The summed E-state index contributed by atoms with van der Waals surface area (Å²) in [6.45, 7) is 3.75. The van der Waals surface area contributed by atoms with Crippen molar-refractivity contribution in [2.45, 2.75) is 39.2 Å². The minimum atomic E-state index is 0.0834. The molecule has 4 nitrogen and oxygen atoms in total. The Hall–Kier alpha value is -0.580. The standard InChI is InChI=1S/C13H22ClN3O/c1-10-12(14)11(17(2)16-10)7-15-8-13(9-18)5-3-4-6-13/h15,18H,3-9H2,1-2H3. The molecule has 1 aliphatic carbocycles. The minimum absolute atomic E-state index is 0.0834. The number of aliphatic hydroxyl groups excluding tert-OH is 1. The number of halogens is 1. The van der Waals surface area contributed by atoms with Crippen LogP contribution in [-0.4, -0.2) is 28.0 Å². The van der Waals surface area contributed by atoms with Crippen LogP contribution >= 0.6 is 11.6 Å². The van der Waals surface area contributed by atoms with E-state index in [0.29, 0.717) is 6.54 Å². The summed E-state index contributed by atoms with van der Waals surface area (Å²) in [4.78, 5) is 0. The van der Waals surface area contributed by atoms with Gasteiger partial charge in [-0.3, -0.25) is 4.68 Å². The molecule has 0 bridgehead atoms. The fraction of sp³-hybridized carbons (Fsp3) is 0.769. The highest BCUT2D eigenvalue weighted by Gasteiger charge is 2.32. The number of aromatic nitrogens is 2. The number of aryl methyl sites for hydroxylation is 2. The van der Waals surface area contributed by atoms with E-state index in [1.807, 2.05) is 18.7 Å². The zero-order valence-corrected chi connectivity index (χ0v) is 11.9. The highest BCUT2D eigenvalue weighted by molar-refractivity contribution is 6.31. The lowest BCUT2D eigenvalue weighted by Gasteiger charge is -2.26. The predicted octanol–water partition coefficient (Wildman–Crippen LogP) is 2.02. The molecule has 2 N–H and O–H groups in total. The Kier molecular flexibility index (Phi) is 4.30. The topological polar surface area (TPSA) is 50.1 Å². The van der Waals surface area contributed by atoms with Crippen molar-refractivity contribution in [3.8, 4) is 0 Å². The first-order chi connectivity index (χ1) is 8.58. The van der Waals surface area contributed by atoms with Gasteiger partial charge >= 0.3 is 0 Å². The van der Waals surface area contributed by atoms with Gasteiger partial charge in [-0.1, -0.05) is 24.4 Å². The number of aliphatic hydroxyl groups is 1. The molecule has 0 radical (unpaired) electrons. The number of hydrogen-bond donors (Lipinski definition) is 2. The quantitative estimate of drug-likeness (QED) is 0.862. The lowest BCUT2D eigenvalue weighted by molar-refractivity contribution is 0.128. The van der Waals surface area contributed by atoms with E-state index in [2.05, 4.69) is 10.4 Å². The molecule has 2 rings (SSSR count). The molecule has 0 aromatic carbocycles. The summed E-state index contributed by atoms with van der Waals surface area (Å²) in [5, 5.41) is 18.0. The summed E-state index contributed by atoms with van der Waals surface area (Å²) in [7, 11) is 1.91. The Morgan fingerprint density at radius 2 is 2.11 bits per heavy atom. The summed E-state index contributed by atoms with van der Waals surface area (Å²) < 4.78 is 1.82. The number of nitrogens with zero attached hydrogens (tertiary/aromatic N) is 2. The molecule has 1 heterocycles. The van der Waals surface area contributed by atoms with Crippen LogP contribution < -0.4 is 5.32 Å². The van der Waals surface area contributed by atoms with Crippen LogP contribution in [0.1, 0.15) is 37.1 Å². The van der Waals surface area contributed by atoms with Crippen molar-refractivity contribution >= 4 is 11.6 Å². The number of hydrogen-bond acceptors (Lipinski definition) is 3. The van der Waals surface area contributed by atoms with Gasteiger partial charge in [-0.25, -0.2) is 0 Å². The Morgan fingerprint density at radius 1 is 1.44 bits per heavy atom. The van der Waals surface area contributed by atoms with Crippen molar-refractivity contribution in [2.75, 3.05) is 13.2 Å². The number of nitrogens with one attached hydrogen (secondary N) is 1. The fourth-order valence-electron chi connectivity index (χ4n) is 2.83. The van der Waals surface area contributed by atoms with E-state index in [4.69, 9.17) is 11.6 Å². The molecular weight excluding hydrogens is 250 g/mol. The normalized spacial score (nSPS) is 18.4. The SMILES string of the molecule is Cc1nn(C)c(CNCC2(CO)CCCC2)c1Cl. The second-order valence-electron chi connectivity index (χ2n) is 5.44. The van der Waals surface area contributed by atoms with Gasteiger partial charge in [0.05, 0.1) is 16.4 Å². The molecular formula is C13H22ClN3O. The highest BCUT2D eigenvalue weighted by Crippen LogP contribution is 2.37. The van der Waals surface area contributed by atoms with Gasteiger partial charge in [0.25, 0.3) is 0 Å². The second kappa shape index (κ2) is 5.59. The molecule has 1 fully saturated rings. The molecule has 1 aliphatic rings. The third-order valence-electron chi connectivity index (χ3n) is 4.05. The third kappa shape index (κ3) is 2.71. The molecule has 102 valence electrons. The van der Waals surface area contributed by atoms with Gasteiger partial charge in [0.15, 0.2) is 0 Å². The van der Waals surface area contributed by atoms with Crippen LogP contribution in [0.3, 0.4) is 0 Å². The van der Waals surface area contributed by atoms with Crippen LogP contribution in [-0.2, 0) is 13.6 Å². The smallest absolute Gasteiger partial charge is 0.0860 e. The molecule has 18 heavy (non-hydrogen) atoms. The molecule has 0 amide bonds. The van der Waals surface area contributed by atoms with Gasteiger partial charge in [0.2, 0.25) is 0 Å². The van der Waals surface area contributed by atoms with Gasteiger partial charge in [0.1, 0.15) is 0 Å². The highest BCUT2D eigenvalue weighted by atomic mass is 35.5. The van der Waals surface area contributed by atoms with Crippen molar-refractivity contribution in [3.63, 3.8) is 0 Å². The van der Waals surface area contributed by atoms with Crippen molar-refractivity contribution < 1.29 is 5.11 Å². The van der Waals surface area contributed by atoms with E-state index >= 15 is 0 Å². The van der Waals surface area contributed by atoms with Gasteiger partial charge in [0, 0.05) is 32.2 Å². The zero-order chi connectivity index (χ0) is 13.2. The summed E-state index contributed by atoms with van der Waals surface area (Å²) >= 11 is 6.21. The monoisotopic (exact) mass is 271 g/mol. The fourth-order valence-corrected chi connectivity index (χ4v) is 3.06. The predicted molar refractivity (Wildman–Crippen MR) is 72.6 cm³/mol. The summed E-state index contributed by atoms with van der Waals surface area (Å²) in [5.74, 6) is 0. The Balaban J connectivity index is 1.92. The molecule has 1 aromatic heterocycles. The van der Waals surface area contributed by atoms with Crippen molar-refractivity contribution in [1.29, 1.82) is 0 Å². The van der Waals surface area contributed by atoms with E-state index in [9.17, 15) is 5.11 Å². The average Bonchev–Trinajstić information content (AvgIpc) is 2.91. The van der Waals surface area contributed by atoms with Crippen LogP contribution in [0.2, 0.25) is 5.02 Å². The molecule has 0 aliphatic heterocycles. The minimum Gasteiger partial charge on any atom is -0.396 e. The zero-order valence-electron chi connectivity index (χ0n) is 11.2. The largest absolute Gasteiger partial charge is 0.396 e. The van der Waals surface area contributed by atoms with Gasteiger partial charge in [-0.05, 0) is 19.8 Å². The molecule has 1 saturated carbocycles. The Bertz CT molecular complexity index is 411. The first-order valence-electron chi connectivity index (χ1n) is 6.57. The number of rotatable bonds is 5. The van der Waals surface area contributed by atoms with Crippen LogP contribution in [0, 0.1) is 12.3 Å². The maximum atomic E-state index is 9.54. The van der Waals surface area contributed by atoms with E-state index in [-0.39, 0.29) is 12.0 Å². The van der Waals surface area contributed by atoms with Gasteiger partial charge < -0.3 is 10.4 Å². The second-order valence-corrected chi connectivity index (χ2v) is 5.82. The summed E-state index contributed by atoms with van der Waals surface area (Å²) in [6.07, 6.45) is 4.70. The molecule has 0 saturated heterocycles. The third-order valence-corrected chi connectivity index (χ3v) is 4.55. The average molecular weight is 272 g/mol. The lowest BCUT2D eigenvalue weighted by Crippen LogP contribution is -2.35. The molecule has 0 unspecified atom stereocenters. The van der Waals surface area contributed by atoms with E-state index < -0.39 is 0 Å². The van der Waals surface area contributed by atoms with Crippen molar-refractivity contribution in [3.05, 3.63) is 16.4 Å². The van der Waals surface area contributed by atoms with Crippen LogP contribution in [0.15, 0.2) is 0 Å². The first-order valence-corrected chi connectivity index (χ1v) is 6.95.